The second kappa shape index (κ2) is 4.24. The van der Waals surface area contributed by atoms with Gasteiger partial charge in [-0.15, -0.1) is 0 Å². The fraction of sp³-hybridized carbons (Fsp3) is 0.333. The summed E-state index contributed by atoms with van der Waals surface area (Å²) in [4.78, 5) is 25.8. The molecule has 0 aromatic rings. The molecule has 1 N–H and O–H groups in total. The molecule has 0 bridgehead atoms. The van der Waals surface area contributed by atoms with E-state index in [2.05, 4.69) is 0 Å². The lowest BCUT2D eigenvalue weighted by molar-refractivity contribution is -0.120. The number of aliphatic hydroxyl groups excluding tert-OH is 1. The Bertz CT molecular complexity index is 726. The monoisotopic (exact) mass is 305 g/mol. The average molecular weight is 306 g/mol. The number of rotatable bonds is 0. The molecule has 5 nitrogen and oxygen atoms in total. The van der Waals surface area contributed by atoms with E-state index in [1.165, 1.54) is 0 Å². The first-order valence-corrected chi connectivity index (χ1v) is 7.13. The van der Waals surface area contributed by atoms with Crippen molar-refractivity contribution in [1.82, 2.24) is 4.90 Å². The number of ketones is 2. The fourth-order valence-corrected chi connectivity index (χ4v) is 3.51. The molecule has 0 aromatic carbocycles. The molecule has 0 spiro atoms. The van der Waals surface area contributed by atoms with Crippen LogP contribution in [0, 0.1) is 0 Å². The zero-order valence-corrected chi connectivity index (χ0v) is 11.9. The number of Topliss-reactive ketones (excluding diaryl/α,β-unsaturated/α-hetero) is 2. The van der Waals surface area contributed by atoms with Crippen LogP contribution in [0.5, 0.6) is 0 Å². The molecule has 0 amide bonds. The van der Waals surface area contributed by atoms with Crippen LogP contribution < -0.4 is 0 Å². The second-order valence-corrected chi connectivity index (χ2v) is 5.95. The van der Waals surface area contributed by atoms with E-state index in [-0.39, 0.29) is 36.7 Å². The zero-order valence-electron chi connectivity index (χ0n) is 11.1. The van der Waals surface area contributed by atoms with Gasteiger partial charge in [0.1, 0.15) is 11.5 Å². The number of carbonyl (C=O) groups is 2. The number of fused-ring (bicyclic) bond motifs is 1. The zero-order chi connectivity index (χ0) is 14.7. The van der Waals surface area contributed by atoms with Crippen molar-refractivity contribution >= 4 is 23.2 Å². The van der Waals surface area contributed by atoms with Gasteiger partial charge in [-0.2, -0.15) is 0 Å². The predicted octanol–water partition coefficient (Wildman–Crippen LogP) is 2.07. The van der Waals surface area contributed by atoms with Gasteiger partial charge in [-0.3, -0.25) is 9.59 Å². The Balaban J connectivity index is 1.93. The van der Waals surface area contributed by atoms with Crippen LogP contribution >= 0.6 is 11.6 Å². The normalized spacial score (nSPS) is 24.8. The molecular formula is C15H12ClNO4. The molecule has 108 valence electrons. The molecule has 6 heteroatoms. The summed E-state index contributed by atoms with van der Waals surface area (Å²) >= 11 is 5.94. The predicted molar refractivity (Wildman–Crippen MR) is 74.2 cm³/mol. The summed E-state index contributed by atoms with van der Waals surface area (Å²) in [5.74, 6) is -0.0140. The average Bonchev–Trinajstić information content (AvgIpc) is 2.45. The maximum atomic E-state index is 12.0. The van der Waals surface area contributed by atoms with Gasteiger partial charge in [-0.25, -0.2) is 0 Å². The molecule has 3 heterocycles. The van der Waals surface area contributed by atoms with Gasteiger partial charge < -0.3 is 14.7 Å². The van der Waals surface area contributed by atoms with Crippen LogP contribution in [0.1, 0.15) is 19.3 Å². The van der Waals surface area contributed by atoms with Crippen LogP contribution in [0.25, 0.3) is 0 Å². The van der Waals surface area contributed by atoms with Crippen molar-refractivity contribution in [3.63, 3.8) is 0 Å². The van der Waals surface area contributed by atoms with Crippen LogP contribution in [-0.4, -0.2) is 34.7 Å². The quantitative estimate of drug-likeness (QED) is 0.742. The fourth-order valence-electron chi connectivity index (χ4n) is 3.35. The van der Waals surface area contributed by atoms with Crippen LogP contribution in [0.3, 0.4) is 0 Å². The molecule has 0 aromatic heterocycles. The number of hydrogen-bond acceptors (Lipinski definition) is 5. The molecule has 0 fully saturated rings. The lowest BCUT2D eigenvalue weighted by Crippen LogP contribution is -2.43. The number of nitrogens with zero attached hydrogens (tertiary/aromatic N) is 1. The summed E-state index contributed by atoms with van der Waals surface area (Å²) in [7, 11) is 0. The Morgan fingerprint density at radius 2 is 1.95 bits per heavy atom. The van der Waals surface area contributed by atoms with E-state index in [0.29, 0.717) is 29.5 Å². The van der Waals surface area contributed by atoms with Gasteiger partial charge in [-0.1, -0.05) is 0 Å². The number of hydrogen-bond donors (Lipinski definition) is 1. The Morgan fingerprint density at radius 3 is 2.76 bits per heavy atom. The van der Waals surface area contributed by atoms with Crippen molar-refractivity contribution in [2.75, 3.05) is 13.1 Å². The summed E-state index contributed by atoms with van der Waals surface area (Å²) in [6, 6.07) is 0. The first-order chi connectivity index (χ1) is 10.0. The smallest absolute Gasteiger partial charge is 0.216 e. The van der Waals surface area contributed by atoms with E-state index in [1.54, 1.807) is 6.08 Å². The lowest BCUT2D eigenvalue weighted by atomic mass is 9.81. The third kappa shape index (κ3) is 1.77. The Labute approximate surface area is 125 Å². The van der Waals surface area contributed by atoms with Crippen LogP contribution in [-0.2, 0) is 14.3 Å². The summed E-state index contributed by atoms with van der Waals surface area (Å²) in [5.41, 5.74) is 2.96. The van der Waals surface area contributed by atoms with E-state index >= 15 is 0 Å². The minimum absolute atomic E-state index is 0.0343. The maximum Gasteiger partial charge on any atom is 0.216 e. The Hall–Kier alpha value is -2.01. The molecule has 0 unspecified atom stereocenters. The third-order valence-corrected chi connectivity index (χ3v) is 4.44. The van der Waals surface area contributed by atoms with Crippen molar-refractivity contribution in [1.29, 1.82) is 0 Å². The van der Waals surface area contributed by atoms with Crippen molar-refractivity contribution in [3.05, 3.63) is 45.2 Å². The molecule has 0 saturated heterocycles. The second-order valence-electron chi connectivity index (χ2n) is 5.57. The molecule has 1 aliphatic carbocycles. The highest BCUT2D eigenvalue weighted by molar-refractivity contribution is 6.28. The molecule has 21 heavy (non-hydrogen) atoms. The summed E-state index contributed by atoms with van der Waals surface area (Å²) < 4.78 is 5.62. The van der Waals surface area contributed by atoms with Gasteiger partial charge in [-0.05, 0) is 29.7 Å². The van der Waals surface area contributed by atoms with Gasteiger partial charge in [0.05, 0.1) is 12.2 Å². The highest BCUT2D eigenvalue weighted by Crippen LogP contribution is 2.44. The van der Waals surface area contributed by atoms with E-state index < -0.39 is 0 Å². The van der Waals surface area contributed by atoms with Gasteiger partial charge in [0.2, 0.25) is 5.78 Å². The summed E-state index contributed by atoms with van der Waals surface area (Å²) in [6.07, 6.45) is 2.77. The van der Waals surface area contributed by atoms with Crippen LogP contribution in [0.4, 0.5) is 0 Å². The van der Waals surface area contributed by atoms with E-state index in [1.807, 2.05) is 4.90 Å². The van der Waals surface area contributed by atoms with Crippen molar-refractivity contribution < 1.29 is 19.4 Å². The third-order valence-electron chi connectivity index (χ3n) is 4.21. The molecule has 0 radical (unpaired) electrons. The van der Waals surface area contributed by atoms with Gasteiger partial charge in [0, 0.05) is 30.5 Å². The Morgan fingerprint density at radius 1 is 1.19 bits per heavy atom. The van der Waals surface area contributed by atoms with Crippen LogP contribution in [0.15, 0.2) is 45.2 Å². The molecule has 3 aliphatic heterocycles. The molecule has 4 aliphatic rings. The summed E-state index contributed by atoms with van der Waals surface area (Å²) in [5, 5.41) is 10.3. The SMILES string of the molecule is O=C1CC2=C(O)C(=O)CN3CC4=C(OC(Cl)=CC4)C(=C23)C1. The number of aliphatic hydroxyl groups is 1. The van der Waals surface area contributed by atoms with Crippen molar-refractivity contribution in [3.8, 4) is 0 Å². The van der Waals surface area contributed by atoms with Gasteiger partial charge in [0.15, 0.2) is 11.0 Å². The van der Waals surface area contributed by atoms with Crippen molar-refractivity contribution in [2.24, 2.45) is 0 Å². The van der Waals surface area contributed by atoms with Crippen molar-refractivity contribution in [2.45, 2.75) is 19.3 Å². The van der Waals surface area contributed by atoms with Gasteiger partial charge >= 0.3 is 0 Å². The first-order valence-electron chi connectivity index (χ1n) is 6.76. The minimum atomic E-state index is -0.336. The van der Waals surface area contributed by atoms with E-state index in [4.69, 9.17) is 16.3 Å². The minimum Gasteiger partial charge on any atom is -0.504 e. The Kier molecular flexibility index (Phi) is 2.57. The highest BCUT2D eigenvalue weighted by Gasteiger charge is 2.41. The van der Waals surface area contributed by atoms with Crippen LogP contribution in [0.2, 0.25) is 0 Å². The van der Waals surface area contributed by atoms with E-state index in [0.717, 1.165) is 16.8 Å². The number of halogens is 1. The molecule has 0 saturated carbocycles. The number of ether oxygens (including phenoxy) is 1. The lowest BCUT2D eigenvalue weighted by Gasteiger charge is -2.41. The standard InChI is InChI=1S/C15H12ClNO4/c16-12-2-1-7-5-17-6-11(19)14(20)9-3-8(18)4-10(13(9)17)15(7)21-12/h2,20H,1,3-6H2. The molecular weight excluding hydrogens is 294 g/mol. The number of carbonyl (C=O) groups excluding carboxylic acids is 2. The molecule has 0 atom stereocenters. The van der Waals surface area contributed by atoms with E-state index in [9.17, 15) is 14.7 Å². The first kappa shape index (κ1) is 12.7. The maximum absolute atomic E-state index is 12.0. The largest absolute Gasteiger partial charge is 0.504 e. The highest BCUT2D eigenvalue weighted by atomic mass is 35.5. The van der Waals surface area contributed by atoms with Gasteiger partial charge in [0.25, 0.3) is 0 Å². The number of allylic oxidation sites excluding steroid dienone is 3. The molecule has 4 rings (SSSR count). The topological polar surface area (TPSA) is 66.8 Å². The summed E-state index contributed by atoms with van der Waals surface area (Å²) in [6.45, 7) is 0.697.